The molecule has 27 heavy (non-hydrogen) atoms. The number of hydrogen-bond acceptors (Lipinski definition) is 6. The van der Waals surface area contributed by atoms with Crippen LogP contribution in [0, 0.1) is 0 Å². The summed E-state index contributed by atoms with van der Waals surface area (Å²) in [7, 11) is 1.70. The summed E-state index contributed by atoms with van der Waals surface area (Å²) in [6, 6.07) is 0. The smallest absolute Gasteiger partial charge is 0.407 e. The first-order chi connectivity index (χ1) is 12.6. The van der Waals surface area contributed by atoms with Gasteiger partial charge in [0.2, 0.25) is 5.91 Å². The fraction of sp³-hybridized carbons (Fsp3) is 0.667. The highest BCUT2D eigenvalue weighted by molar-refractivity contribution is 5.90. The number of hydrogen-bond donors (Lipinski definition) is 1. The standard InChI is InChI=1S/C18H28N4O5/c1-6-26-16(24)15-12-11-22(10-8-13(12)20-21(15)5)14(23)7-9-19-17(25)27-18(2,3)4/h6-11H2,1-5H3,(H,19,25). The predicted octanol–water partition coefficient (Wildman–Crippen LogP) is 1.40. The van der Waals surface area contributed by atoms with Gasteiger partial charge >= 0.3 is 12.1 Å². The average molecular weight is 380 g/mol. The van der Waals surface area contributed by atoms with Gasteiger partial charge in [-0.15, -0.1) is 0 Å². The Bertz CT molecular complexity index is 720. The molecule has 0 saturated carbocycles. The molecule has 2 amide bonds. The molecule has 9 nitrogen and oxygen atoms in total. The molecule has 1 aliphatic rings. The average Bonchev–Trinajstić information content (AvgIpc) is 2.88. The Hall–Kier alpha value is -2.58. The molecule has 0 bridgehead atoms. The van der Waals surface area contributed by atoms with Crippen LogP contribution in [0.25, 0.3) is 0 Å². The molecule has 2 heterocycles. The number of carbonyl (C=O) groups excluding carboxylic acids is 3. The fourth-order valence-corrected chi connectivity index (χ4v) is 2.91. The lowest BCUT2D eigenvalue weighted by atomic mass is 10.0. The van der Waals surface area contributed by atoms with Crippen LogP contribution in [-0.4, -0.2) is 57.9 Å². The summed E-state index contributed by atoms with van der Waals surface area (Å²) in [6.07, 6.45) is 0.185. The minimum absolute atomic E-state index is 0.102. The molecule has 0 aliphatic carbocycles. The second-order valence-corrected chi connectivity index (χ2v) is 7.36. The Morgan fingerprint density at radius 1 is 1.26 bits per heavy atom. The minimum atomic E-state index is -0.582. The van der Waals surface area contributed by atoms with Crippen molar-refractivity contribution in [2.24, 2.45) is 7.05 Å². The van der Waals surface area contributed by atoms with Gasteiger partial charge in [0.15, 0.2) is 5.69 Å². The number of amides is 2. The number of nitrogens with one attached hydrogen (secondary N) is 1. The van der Waals surface area contributed by atoms with Crippen molar-refractivity contribution < 1.29 is 23.9 Å². The molecular weight excluding hydrogens is 352 g/mol. The van der Waals surface area contributed by atoms with Gasteiger partial charge in [-0.3, -0.25) is 9.48 Å². The first kappa shape index (κ1) is 20.7. The number of ether oxygens (including phenoxy) is 2. The summed E-state index contributed by atoms with van der Waals surface area (Å²) in [6.45, 7) is 8.37. The van der Waals surface area contributed by atoms with Crippen molar-refractivity contribution in [1.29, 1.82) is 0 Å². The third kappa shape index (κ3) is 5.45. The molecule has 0 spiro atoms. The first-order valence-electron chi connectivity index (χ1n) is 9.09. The largest absolute Gasteiger partial charge is 0.461 e. The van der Waals surface area contributed by atoms with E-state index in [0.29, 0.717) is 25.2 Å². The van der Waals surface area contributed by atoms with E-state index < -0.39 is 17.7 Å². The Morgan fingerprint density at radius 2 is 1.96 bits per heavy atom. The van der Waals surface area contributed by atoms with Gasteiger partial charge in [-0.1, -0.05) is 0 Å². The Kier molecular flexibility index (Phi) is 6.45. The van der Waals surface area contributed by atoms with Gasteiger partial charge in [0.1, 0.15) is 5.60 Å². The maximum Gasteiger partial charge on any atom is 0.407 e. The zero-order valence-corrected chi connectivity index (χ0v) is 16.6. The van der Waals surface area contributed by atoms with E-state index in [1.54, 1.807) is 39.6 Å². The van der Waals surface area contributed by atoms with Crippen LogP contribution in [0.4, 0.5) is 4.79 Å². The van der Waals surface area contributed by atoms with Gasteiger partial charge in [-0.25, -0.2) is 9.59 Å². The van der Waals surface area contributed by atoms with Crippen molar-refractivity contribution in [2.45, 2.75) is 52.7 Å². The molecule has 150 valence electrons. The van der Waals surface area contributed by atoms with Crippen LogP contribution in [-0.2, 0) is 34.3 Å². The van der Waals surface area contributed by atoms with E-state index in [-0.39, 0.29) is 25.5 Å². The van der Waals surface area contributed by atoms with Gasteiger partial charge in [-0.2, -0.15) is 5.10 Å². The zero-order chi connectivity index (χ0) is 20.2. The third-order valence-electron chi connectivity index (χ3n) is 4.02. The van der Waals surface area contributed by atoms with E-state index in [1.165, 1.54) is 4.68 Å². The lowest BCUT2D eigenvalue weighted by Gasteiger charge is -2.27. The molecule has 9 heteroatoms. The van der Waals surface area contributed by atoms with E-state index in [2.05, 4.69) is 10.4 Å². The van der Waals surface area contributed by atoms with Gasteiger partial charge < -0.3 is 19.7 Å². The molecule has 0 aromatic carbocycles. The van der Waals surface area contributed by atoms with Crippen molar-refractivity contribution in [3.63, 3.8) is 0 Å². The molecule has 0 atom stereocenters. The molecule has 1 N–H and O–H groups in total. The maximum atomic E-state index is 12.5. The summed E-state index contributed by atoms with van der Waals surface area (Å²) >= 11 is 0. The summed E-state index contributed by atoms with van der Waals surface area (Å²) < 4.78 is 11.8. The quantitative estimate of drug-likeness (QED) is 0.775. The third-order valence-corrected chi connectivity index (χ3v) is 4.02. The highest BCUT2D eigenvalue weighted by Crippen LogP contribution is 2.23. The number of fused-ring (bicyclic) bond motifs is 1. The first-order valence-corrected chi connectivity index (χ1v) is 9.09. The van der Waals surface area contributed by atoms with Crippen molar-refractivity contribution in [3.8, 4) is 0 Å². The Balaban J connectivity index is 1.94. The second-order valence-electron chi connectivity index (χ2n) is 7.36. The number of esters is 1. The van der Waals surface area contributed by atoms with Crippen LogP contribution in [0.15, 0.2) is 0 Å². The molecule has 0 radical (unpaired) electrons. The number of nitrogens with zero attached hydrogens (tertiary/aromatic N) is 3. The summed E-state index contributed by atoms with van der Waals surface area (Å²) in [5, 5.41) is 6.95. The molecule has 1 aromatic heterocycles. The fourth-order valence-electron chi connectivity index (χ4n) is 2.91. The molecule has 0 saturated heterocycles. The normalized spacial score (nSPS) is 13.7. The van der Waals surface area contributed by atoms with Crippen molar-refractivity contribution in [1.82, 2.24) is 20.0 Å². The molecule has 0 unspecified atom stereocenters. The molecular formula is C18H28N4O5. The SMILES string of the molecule is CCOC(=O)c1c2c(nn1C)CCN(C(=O)CCNC(=O)OC(C)(C)C)C2. The lowest BCUT2D eigenvalue weighted by Crippen LogP contribution is -2.39. The van der Waals surface area contributed by atoms with E-state index in [0.717, 1.165) is 11.3 Å². The summed E-state index contributed by atoms with van der Waals surface area (Å²) in [4.78, 5) is 38.0. The van der Waals surface area contributed by atoms with Gasteiger partial charge in [0, 0.05) is 45.1 Å². The highest BCUT2D eigenvalue weighted by Gasteiger charge is 2.29. The maximum absolute atomic E-state index is 12.5. The van der Waals surface area contributed by atoms with Crippen LogP contribution in [0.1, 0.15) is 55.9 Å². The molecule has 0 fully saturated rings. The van der Waals surface area contributed by atoms with Crippen molar-refractivity contribution in [3.05, 3.63) is 17.0 Å². The van der Waals surface area contributed by atoms with Crippen LogP contribution in [0.2, 0.25) is 0 Å². The topological polar surface area (TPSA) is 103 Å². The van der Waals surface area contributed by atoms with E-state index in [4.69, 9.17) is 9.47 Å². The van der Waals surface area contributed by atoms with Gasteiger partial charge in [0.05, 0.1) is 12.3 Å². The van der Waals surface area contributed by atoms with Gasteiger partial charge in [0.25, 0.3) is 0 Å². The lowest BCUT2D eigenvalue weighted by molar-refractivity contribution is -0.132. The highest BCUT2D eigenvalue weighted by atomic mass is 16.6. The number of alkyl carbamates (subject to hydrolysis) is 1. The minimum Gasteiger partial charge on any atom is -0.461 e. The summed E-state index contributed by atoms with van der Waals surface area (Å²) in [5.41, 5.74) is 1.35. The van der Waals surface area contributed by atoms with E-state index >= 15 is 0 Å². The predicted molar refractivity (Wildman–Crippen MR) is 97.1 cm³/mol. The van der Waals surface area contributed by atoms with Crippen molar-refractivity contribution >= 4 is 18.0 Å². The second kappa shape index (κ2) is 8.41. The molecule has 1 aliphatic heterocycles. The summed E-state index contributed by atoms with van der Waals surface area (Å²) in [5.74, 6) is -0.537. The number of aryl methyl sites for hydroxylation is 1. The van der Waals surface area contributed by atoms with E-state index in [1.807, 2.05) is 0 Å². The molecule has 2 rings (SSSR count). The number of rotatable bonds is 5. The van der Waals surface area contributed by atoms with E-state index in [9.17, 15) is 14.4 Å². The van der Waals surface area contributed by atoms with Gasteiger partial charge in [-0.05, 0) is 27.7 Å². The van der Waals surface area contributed by atoms with Crippen molar-refractivity contribution in [2.75, 3.05) is 19.7 Å². The van der Waals surface area contributed by atoms with Crippen LogP contribution >= 0.6 is 0 Å². The van der Waals surface area contributed by atoms with Crippen LogP contribution < -0.4 is 5.32 Å². The Morgan fingerprint density at radius 3 is 2.59 bits per heavy atom. The van der Waals surface area contributed by atoms with Crippen LogP contribution in [0.5, 0.6) is 0 Å². The zero-order valence-electron chi connectivity index (χ0n) is 16.6. The number of carbonyl (C=O) groups is 3. The van der Waals surface area contributed by atoms with Crippen LogP contribution in [0.3, 0.4) is 0 Å². The molecule has 1 aromatic rings. The number of aromatic nitrogens is 2. The monoisotopic (exact) mass is 380 g/mol. The Labute approximate surface area is 159 Å².